The minimum absolute atomic E-state index is 0.408. The van der Waals surface area contributed by atoms with Gasteiger partial charge < -0.3 is 0 Å². The SMILES string of the molecule is CC1(Cl)C=CC=CN1Br. The summed E-state index contributed by atoms with van der Waals surface area (Å²) in [6, 6.07) is 0. The van der Waals surface area contributed by atoms with E-state index in [1.54, 1.807) is 3.93 Å². The highest BCUT2D eigenvalue weighted by Gasteiger charge is 2.22. The van der Waals surface area contributed by atoms with E-state index in [1.165, 1.54) is 0 Å². The zero-order valence-corrected chi connectivity index (χ0v) is 7.35. The van der Waals surface area contributed by atoms with Crippen molar-refractivity contribution in [3.05, 3.63) is 24.4 Å². The number of hydrogen-bond acceptors (Lipinski definition) is 1. The van der Waals surface area contributed by atoms with E-state index in [0.717, 1.165) is 0 Å². The molecule has 0 aliphatic carbocycles. The Morgan fingerprint density at radius 2 is 2.22 bits per heavy atom. The summed E-state index contributed by atoms with van der Waals surface area (Å²) in [6.45, 7) is 1.91. The van der Waals surface area contributed by atoms with E-state index in [2.05, 4.69) is 16.1 Å². The van der Waals surface area contributed by atoms with Crippen molar-refractivity contribution >= 4 is 27.7 Å². The summed E-state index contributed by atoms with van der Waals surface area (Å²) in [5.74, 6) is 0. The van der Waals surface area contributed by atoms with Crippen LogP contribution in [0.25, 0.3) is 0 Å². The van der Waals surface area contributed by atoms with E-state index in [9.17, 15) is 0 Å². The summed E-state index contributed by atoms with van der Waals surface area (Å²) < 4.78 is 1.77. The first-order chi connectivity index (χ1) is 4.13. The quantitative estimate of drug-likeness (QED) is 0.336. The third kappa shape index (κ3) is 1.49. The predicted molar refractivity (Wildman–Crippen MR) is 43.3 cm³/mol. The fourth-order valence-electron chi connectivity index (χ4n) is 0.573. The standard InChI is InChI=1S/C6H7BrClN/c1-6(8)4-2-3-5-9(6)7/h2-5H,1H3. The third-order valence-electron chi connectivity index (χ3n) is 1.15. The summed E-state index contributed by atoms with van der Waals surface area (Å²) >= 11 is 9.24. The first kappa shape index (κ1) is 7.16. The van der Waals surface area contributed by atoms with Gasteiger partial charge in [0.15, 0.2) is 0 Å². The second-order valence-electron chi connectivity index (χ2n) is 2.04. The molecule has 1 atom stereocenters. The topological polar surface area (TPSA) is 3.24 Å². The number of alkyl halides is 1. The van der Waals surface area contributed by atoms with Crippen molar-refractivity contribution in [2.75, 3.05) is 0 Å². The maximum Gasteiger partial charge on any atom is 0.140 e. The highest BCUT2D eigenvalue weighted by Crippen LogP contribution is 2.28. The van der Waals surface area contributed by atoms with E-state index in [0.29, 0.717) is 0 Å². The maximum absolute atomic E-state index is 5.96. The Hall–Kier alpha value is 0.0500. The molecular weight excluding hydrogens is 201 g/mol. The lowest BCUT2D eigenvalue weighted by atomic mass is 10.2. The van der Waals surface area contributed by atoms with Crippen LogP contribution in [0.1, 0.15) is 6.92 Å². The molecule has 0 aromatic heterocycles. The highest BCUT2D eigenvalue weighted by molar-refractivity contribution is 9.07. The van der Waals surface area contributed by atoms with Gasteiger partial charge in [-0.2, -0.15) is 0 Å². The Morgan fingerprint density at radius 1 is 1.56 bits per heavy atom. The van der Waals surface area contributed by atoms with Crippen molar-refractivity contribution < 1.29 is 0 Å². The minimum atomic E-state index is -0.408. The normalized spacial score (nSPS) is 33.4. The average Bonchev–Trinajstić information content (AvgIpc) is 1.77. The minimum Gasteiger partial charge on any atom is -0.292 e. The van der Waals surface area contributed by atoms with Gasteiger partial charge in [-0.15, -0.1) is 0 Å². The van der Waals surface area contributed by atoms with Gasteiger partial charge in [0.25, 0.3) is 0 Å². The first-order valence-electron chi connectivity index (χ1n) is 2.63. The molecule has 0 aromatic carbocycles. The molecule has 1 nitrogen and oxygen atoms in total. The molecule has 1 aliphatic rings. The van der Waals surface area contributed by atoms with Gasteiger partial charge in [0.2, 0.25) is 0 Å². The van der Waals surface area contributed by atoms with Crippen LogP contribution < -0.4 is 0 Å². The maximum atomic E-state index is 5.96. The molecule has 0 N–H and O–H groups in total. The molecule has 0 fully saturated rings. The van der Waals surface area contributed by atoms with E-state index in [-0.39, 0.29) is 0 Å². The molecule has 3 heteroatoms. The van der Waals surface area contributed by atoms with Gasteiger partial charge in [-0.05, 0) is 19.1 Å². The lowest BCUT2D eigenvalue weighted by Gasteiger charge is -2.28. The molecule has 1 aliphatic heterocycles. The lowest BCUT2D eigenvalue weighted by molar-refractivity contribution is 0.507. The second kappa shape index (κ2) is 2.35. The zero-order valence-electron chi connectivity index (χ0n) is 5.01. The smallest absolute Gasteiger partial charge is 0.140 e. The molecule has 1 heterocycles. The molecule has 0 radical (unpaired) electrons. The number of halogens is 2. The summed E-state index contributed by atoms with van der Waals surface area (Å²) in [6.07, 6.45) is 7.61. The van der Waals surface area contributed by atoms with Gasteiger partial charge in [0.05, 0.1) is 16.1 Å². The molecule has 0 amide bonds. The monoisotopic (exact) mass is 207 g/mol. The van der Waals surface area contributed by atoms with Crippen LogP contribution in [-0.4, -0.2) is 8.92 Å². The van der Waals surface area contributed by atoms with Crippen LogP contribution in [0, 0.1) is 0 Å². The van der Waals surface area contributed by atoms with Gasteiger partial charge in [-0.1, -0.05) is 17.7 Å². The number of allylic oxidation sites excluding steroid dienone is 2. The molecular formula is C6H7BrClN. The first-order valence-corrected chi connectivity index (χ1v) is 3.72. The van der Waals surface area contributed by atoms with Crippen molar-refractivity contribution in [1.82, 2.24) is 3.93 Å². The highest BCUT2D eigenvalue weighted by atomic mass is 79.9. The van der Waals surface area contributed by atoms with Gasteiger partial charge in [0.1, 0.15) is 5.00 Å². The molecule has 1 rings (SSSR count). The molecule has 0 spiro atoms. The largest absolute Gasteiger partial charge is 0.292 e. The summed E-state index contributed by atoms with van der Waals surface area (Å²) in [5, 5.41) is 0. The van der Waals surface area contributed by atoms with E-state index in [1.807, 2.05) is 31.4 Å². The summed E-state index contributed by atoms with van der Waals surface area (Å²) in [7, 11) is 0. The van der Waals surface area contributed by atoms with Gasteiger partial charge in [0, 0.05) is 6.20 Å². The molecule has 0 aromatic rings. The van der Waals surface area contributed by atoms with E-state index < -0.39 is 5.00 Å². The summed E-state index contributed by atoms with van der Waals surface area (Å²) in [5.41, 5.74) is 0. The van der Waals surface area contributed by atoms with E-state index in [4.69, 9.17) is 11.6 Å². The molecule has 9 heavy (non-hydrogen) atoms. The van der Waals surface area contributed by atoms with Crippen LogP contribution in [-0.2, 0) is 0 Å². The van der Waals surface area contributed by atoms with Gasteiger partial charge in [-0.3, -0.25) is 3.93 Å². The van der Waals surface area contributed by atoms with Crippen molar-refractivity contribution in [2.45, 2.75) is 11.9 Å². The second-order valence-corrected chi connectivity index (χ2v) is 3.57. The molecule has 0 bridgehead atoms. The number of rotatable bonds is 0. The van der Waals surface area contributed by atoms with Crippen LogP contribution in [0.15, 0.2) is 24.4 Å². The van der Waals surface area contributed by atoms with E-state index >= 15 is 0 Å². The number of hydrogen-bond donors (Lipinski definition) is 0. The molecule has 0 saturated heterocycles. The van der Waals surface area contributed by atoms with Gasteiger partial charge >= 0.3 is 0 Å². The average molecular weight is 208 g/mol. The lowest BCUT2D eigenvalue weighted by Crippen LogP contribution is -2.28. The predicted octanol–water partition coefficient (Wildman–Crippen LogP) is 2.64. The van der Waals surface area contributed by atoms with Crippen molar-refractivity contribution in [3.63, 3.8) is 0 Å². The van der Waals surface area contributed by atoms with Crippen LogP contribution in [0.5, 0.6) is 0 Å². The van der Waals surface area contributed by atoms with Crippen LogP contribution in [0.4, 0.5) is 0 Å². The fourth-order valence-corrected chi connectivity index (χ4v) is 0.957. The summed E-state index contributed by atoms with van der Waals surface area (Å²) in [4.78, 5) is -0.408. The van der Waals surface area contributed by atoms with Gasteiger partial charge in [-0.25, -0.2) is 0 Å². The Morgan fingerprint density at radius 3 is 2.56 bits per heavy atom. The zero-order chi connectivity index (χ0) is 6.91. The van der Waals surface area contributed by atoms with Crippen LogP contribution in [0.3, 0.4) is 0 Å². The van der Waals surface area contributed by atoms with Crippen molar-refractivity contribution in [2.24, 2.45) is 0 Å². The molecule has 1 unspecified atom stereocenters. The van der Waals surface area contributed by atoms with Crippen LogP contribution >= 0.6 is 27.7 Å². The van der Waals surface area contributed by atoms with Crippen molar-refractivity contribution in [3.8, 4) is 0 Å². The molecule has 0 saturated carbocycles. The fraction of sp³-hybridized carbons (Fsp3) is 0.333. The van der Waals surface area contributed by atoms with Crippen molar-refractivity contribution in [1.29, 1.82) is 0 Å². The Labute approximate surface area is 68.3 Å². The Balaban J connectivity index is 2.78. The Bertz CT molecular complexity index is 162. The number of nitrogens with zero attached hydrogens (tertiary/aromatic N) is 1. The van der Waals surface area contributed by atoms with Crippen LogP contribution in [0.2, 0.25) is 0 Å². The third-order valence-corrected chi connectivity index (χ3v) is 2.63. The Kier molecular flexibility index (Phi) is 1.87. The molecule has 50 valence electrons.